The topological polar surface area (TPSA) is 61.5 Å². The van der Waals surface area contributed by atoms with Crippen molar-refractivity contribution in [3.8, 4) is 0 Å². The minimum Gasteiger partial charge on any atom is -0.459 e. The van der Waals surface area contributed by atoms with Gasteiger partial charge in [-0.3, -0.25) is 4.79 Å². The van der Waals surface area contributed by atoms with Crippen molar-refractivity contribution in [2.45, 2.75) is 39.8 Å². The number of carbonyl (C=O) groups excluding carboxylic acids is 1. The number of hydrogen-bond donors (Lipinski definition) is 1. The summed E-state index contributed by atoms with van der Waals surface area (Å²) in [5.74, 6) is -0.373. The Labute approximate surface area is 97.9 Å². The van der Waals surface area contributed by atoms with Crippen molar-refractivity contribution in [3.63, 3.8) is 0 Å². The summed E-state index contributed by atoms with van der Waals surface area (Å²) in [6, 6.07) is -0.596. The van der Waals surface area contributed by atoms with E-state index in [-0.39, 0.29) is 29.9 Å². The number of hydrogen-bond acceptors (Lipinski definition) is 4. The van der Waals surface area contributed by atoms with E-state index in [2.05, 4.69) is 0 Å². The van der Waals surface area contributed by atoms with Crippen LogP contribution in [0.2, 0.25) is 0 Å². The molecule has 0 fully saturated rings. The van der Waals surface area contributed by atoms with Gasteiger partial charge in [-0.15, -0.1) is 12.4 Å². The smallest absolute Gasteiger partial charge is 0.323 e. The standard InChI is InChI=1S/C10H21NO3.ClH/c1-7(6-13-5)14-9(12)8(11)10(2,3)4;/h7-8H,6,11H2,1-5H3;1H/t7-,8?;/m0./s1. The second-order valence-electron chi connectivity index (χ2n) is 4.55. The number of ether oxygens (including phenoxy) is 2. The number of rotatable bonds is 4. The number of carbonyl (C=O) groups is 1. The van der Waals surface area contributed by atoms with Crippen LogP contribution >= 0.6 is 12.4 Å². The second-order valence-corrected chi connectivity index (χ2v) is 4.55. The number of esters is 1. The highest BCUT2D eigenvalue weighted by molar-refractivity contribution is 5.85. The number of halogens is 1. The van der Waals surface area contributed by atoms with Gasteiger partial charge in [-0.2, -0.15) is 0 Å². The van der Waals surface area contributed by atoms with E-state index in [9.17, 15) is 4.79 Å². The first-order chi connectivity index (χ1) is 6.29. The molecule has 4 nitrogen and oxygen atoms in total. The van der Waals surface area contributed by atoms with Gasteiger partial charge in [-0.25, -0.2) is 0 Å². The molecule has 15 heavy (non-hydrogen) atoms. The third-order valence-electron chi connectivity index (χ3n) is 1.91. The molecule has 0 aliphatic carbocycles. The molecular formula is C10H22ClNO3. The molecule has 5 heteroatoms. The monoisotopic (exact) mass is 239 g/mol. The van der Waals surface area contributed by atoms with Crippen LogP contribution < -0.4 is 5.73 Å². The largest absolute Gasteiger partial charge is 0.459 e. The van der Waals surface area contributed by atoms with E-state index < -0.39 is 6.04 Å². The molecule has 1 unspecified atom stereocenters. The minimum atomic E-state index is -0.596. The lowest BCUT2D eigenvalue weighted by Gasteiger charge is -2.26. The fraction of sp³-hybridized carbons (Fsp3) is 0.900. The van der Waals surface area contributed by atoms with Crippen LogP contribution in [-0.4, -0.2) is 31.8 Å². The van der Waals surface area contributed by atoms with Crippen molar-refractivity contribution in [1.29, 1.82) is 0 Å². The lowest BCUT2D eigenvalue weighted by molar-refractivity contribution is -0.154. The van der Waals surface area contributed by atoms with E-state index in [1.54, 1.807) is 14.0 Å². The summed E-state index contributed by atoms with van der Waals surface area (Å²) in [6.07, 6.45) is -0.249. The maximum Gasteiger partial charge on any atom is 0.323 e. The normalized spacial score (nSPS) is 15.1. The molecule has 0 aliphatic rings. The summed E-state index contributed by atoms with van der Waals surface area (Å²) in [6.45, 7) is 7.87. The highest BCUT2D eigenvalue weighted by Crippen LogP contribution is 2.18. The van der Waals surface area contributed by atoms with Crippen LogP contribution in [0.1, 0.15) is 27.7 Å². The van der Waals surface area contributed by atoms with Crippen molar-refractivity contribution in [2.24, 2.45) is 11.1 Å². The maximum atomic E-state index is 11.5. The summed E-state index contributed by atoms with van der Waals surface area (Å²) in [5, 5.41) is 0. The van der Waals surface area contributed by atoms with E-state index in [0.717, 1.165) is 0 Å². The Hall–Kier alpha value is -0.320. The first-order valence-corrected chi connectivity index (χ1v) is 4.74. The van der Waals surface area contributed by atoms with E-state index >= 15 is 0 Å². The Kier molecular flexibility index (Phi) is 8.02. The summed E-state index contributed by atoms with van der Waals surface area (Å²) in [4.78, 5) is 11.5. The fourth-order valence-electron chi connectivity index (χ4n) is 0.894. The zero-order valence-corrected chi connectivity index (χ0v) is 10.9. The lowest BCUT2D eigenvalue weighted by atomic mass is 9.87. The van der Waals surface area contributed by atoms with E-state index in [1.807, 2.05) is 20.8 Å². The Balaban J connectivity index is 0. The van der Waals surface area contributed by atoms with Crippen LogP contribution in [0.5, 0.6) is 0 Å². The van der Waals surface area contributed by atoms with Crippen LogP contribution in [0, 0.1) is 5.41 Å². The van der Waals surface area contributed by atoms with Gasteiger partial charge in [-0.05, 0) is 12.3 Å². The molecule has 0 aromatic rings. The molecule has 0 heterocycles. The first-order valence-electron chi connectivity index (χ1n) is 4.74. The molecule has 0 aromatic carbocycles. The molecule has 0 amide bonds. The predicted molar refractivity (Wildman–Crippen MR) is 62.1 cm³/mol. The molecule has 0 saturated heterocycles. The Morgan fingerprint density at radius 1 is 1.40 bits per heavy atom. The Morgan fingerprint density at radius 2 is 1.87 bits per heavy atom. The zero-order chi connectivity index (χ0) is 11.4. The van der Waals surface area contributed by atoms with Crippen molar-refractivity contribution in [1.82, 2.24) is 0 Å². The van der Waals surface area contributed by atoms with Gasteiger partial charge in [0.25, 0.3) is 0 Å². The summed E-state index contributed by atoms with van der Waals surface area (Å²) < 4.78 is 9.94. The first kappa shape index (κ1) is 17.1. The summed E-state index contributed by atoms with van der Waals surface area (Å²) in [5.41, 5.74) is 5.45. The average Bonchev–Trinajstić information content (AvgIpc) is 2.01. The van der Waals surface area contributed by atoms with Gasteiger partial charge in [0.2, 0.25) is 0 Å². The average molecular weight is 240 g/mol. The molecule has 0 bridgehead atoms. The zero-order valence-electron chi connectivity index (χ0n) is 10.1. The minimum absolute atomic E-state index is 0. The van der Waals surface area contributed by atoms with Crippen LogP contribution in [0.15, 0.2) is 0 Å². The third kappa shape index (κ3) is 6.71. The van der Waals surface area contributed by atoms with Crippen molar-refractivity contribution < 1.29 is 14.3 Å². The summed E-state index contributed by atoms with van der Waals surface area (Å²) in [7, 11) is 1.56. The lowest BCUT2D eigenvalue weighted by Crippen LogP contribution is -2.44. The summed E-state index contributed by atoms with van der Waals surface area (Å²) >= 11 is 0. The molecule has 0 rings (SSSR count). The molecule has 0 aromatic heterocycles. The van der Waals surface area contributed by atoms with Gasteiger partial charge in [0.05, 0.1) is 6.61 Å². The quantitative estimate of drug-likeness (QED) is 0.753. The highest BCUT2D eigenvalue weighted by Gasteiger charge is 2.29. The van der Waals surface area contributed by atoms with Crippen LogP contribution in [-0.2, 0) is 14.3 Å². The molecule has 0 saturated carbocycles. The van der Waals surface area contributed by atoms with Crippen LogP contribution in [0.25, 0.3) is 0 Å². The van der Waals surface area contributed by atoms with Crippen LogP contribution in [0.3, 0.4) is 0 Å². The predicted octanol–water partition coefficient (Wildman–Crippen LogP) is 1.36. The Morgan fingerprint density at radius 3 is 2.20 bits per heavy atom. The van der Waals surface area contributed by atoms with Crippen LogP contribution in [0.4, 0.5) is 0 Å². The van der Waals surface area contributed by atoms with Gasteiger partial charge in [0.1, 0.15) is 12.1 Å². The Bertz CT molecular complexity index is 192. The molecule has 0 aliphatic heterocycles. The maximum absolute atomic E-state index is 11.5. The van der Waals surface area contributed by atoms with Crippen molar-refractivity contribution >= 4 is 18.4 Å². The molecule has 2 atom stereocenters. The third-order valence-corrected chi connectivity index (χ3v) is 1.91. The van der Waals surface area contributed by atoms with Gasteiger partial charge < -0.3 is 15.2 Å². The van der Waals surface area contributed by atoms with Gasteiger partial charge in [0.15, 0.2) is 0 Å². The molecule has 92 valence electrons. The van der Waals surface area contributed by atoms with Gasteiger partial charge >= 0.3 is 5.97 Å². The highest BCUT2D eigenvalue weighted by atomic mass is 35.5. The number of methoxy groups -OCH3 is 1. The van der Waals surface area contributed by atoms with Gasteiger partial charge in [-0.1, -0.05) is 20.8 Å². The van der Waals surface area contributed by atoms with Crippen molar-refractivity contribution in [3.05, 3.63) is 0 Å². The van der Waals surface area contributed by atoms with Crippen molar-refractivity contribution in [2.75, 3.05) is 13.7 Å². The van der Waals surface area contributed by atoms with E-state index in [1.165, 1.54) is 0 Å². The fourth-order valence-corrected chi connectivity index (χ4v) is 0.894. The van der Waals surface area contributed by atoms with Gasteiger partial charge in [0, 0.05) is 7.11 Å². The number of nitrogens with two attached hydrogens (primary N) is 1. The molecule has 0 radical (unpaired) electrons. The SMILES string of the molecule is COC[C@H](C)OC(=O)C(N)C(C)(C)C.Cl. The second kappa shape index (κ2) is 7.04. The van der Waals surface area contributed by atoms with E-state index in [0.29, 0.717) is 6.61 Å². The molecule has 0 spiro atoms. The van der Waals surface area contributed by atoms with E-state index in [4.69, 9.17) is 15.2 Å². The molecular weight excluding hydrogens is 218 g/mol. The molecule has 2 N–H and O–H groups in total.